The van der Waals surface area contributed by atoms with E-state index in [0.29, 0.717) is 0 Å². The van der Waals surface area contributed by atoms with Gasteiger partial charge in [0.15, 0.2) is 0 Å². The Hall–Kier alpha value is -1.35. The second kappa shape index (κ2) is 5.82. The third-order valence-corrected chi connectivity index (χ3v) is 2.91. The highest BCUT2D eigenvalue weighted by Gasteiger charge is 2.13. The lowest BCUT2D eigenvalue weighted by Gasteiger charge is -2.08. The van der Waals surface area contributed by atoms with Gasteiger partial charge in [-0.25, -0.2) is 13.5 Å². The molecule has 0 unspecified atom stereocenters. The van der Waals surface area contributed by atoms with Crippen molar-refractivity contribution in [2.45, 2.75) is 20.0 Å². The third kappa shape index (κ3) is 5.00. The predicted molar refractivity (Wildman–Crippen MR) is 61.4 cm³/mol. The van der Waals surface area contributed by atoms with Gasteiger partial charge in [0, 0.05) is 0 Å². The van der Waals surface area contributed by atoms with Crippen molar-refractivity contribution in [3.05, 3.63) is 0 Å². The molecule has 0 radical (unpaired) electrons. The van der Waals surface area contributed by atoms with Crippen molar-refractivity contribution in [1.82, 2.24) is 15.2 Å². The van der Waals surface area contributed by atoms with Crippen LogP contribution in [0.25, 0.3) is 0 Å². The number of methoxy groups -OCH3 is 1. The SMILES string of the molecule is COc1n[nH]c(NS(=O)(=O)CCOC(C)C)n1. The Morgan fingerprint density at radius 2 is 2.18 bits per heavy atom. The molecule has 0 aliphatic rings. The highest BCUT2D eigenvalue weighted by Crippen LogP contribution is 2.06. The van der Waals surface area contributed by atoms with Crippen molar-refractivity contribution >= 4 is 16.0 Å². The number of H-pyrrole nitrogens is 1. The smallest absolute Gasteiger partial charge is 0.336 e. The Morgan fingerprint density at radius 3 is 2.71 bits per heavy atom. The zero-order valence-electron chi connectivity index (χ0n) is 9.93. The second-order valence-electron chi connectivity index (χ2n) is 3.51. The summed E-state index contributed by atoms with van der Waals surface area (Å²) in [5.41, 5.74) is 0. The first-order valence-corrected chi connectivity index (χ1v) is 6.66. The summed E-state index contributed by atoms with van der Waals surface area (Å²) in [6, 6.07) is 0.0705. The molecular formula is C8H16N4O4S. The van der Waals surface area contributed by atoms with Gasteiger partial charge in [0.25, 0.3) is 0 Å². The summed E-state index contributed by atoms with van der Waals surface area (Å²) in [7, 11) is -2.10. The number of hydrogen-bond donors (Lipinski definition) is 2. The summed E-state index contributed by atoms with van der Waals surface area (Å²) < 4.78 is 35.2. The van der Waals surface area contributed by atoms with Crippen molar-refractivity contribution in [3.63, 3.8) is 0 Å². The van der Waals surface area contributed by atoms with Crippen molar-refractivity contribution in [2.24, 2.45) is 0 Å². The van der Waals surface area contributed by atoms with Crippen LogP contribution in [0.5, 0.6) is 6.01 Å². The van der Waals surface area contributed by atoms with Gasteiger partial charge in [-0.1, -0.05) is 0 Å². The van der Waals surface area contributed by atoms with Gasteiger partial charge in [-0.05, 0) is 13.8 Å². The molecule has 0 aromatic carbocycles. The maximum absolute atomic E-state index is 11.6. The average molecular weight is 264 g/mol. The Kier molecular flexibility index (Phi) is 4.70. The molecular weight excluding hydrogens is 248 g/mol. The number of anilines is 1. The highest BCUT2D eigenvalue weighted by molar-refractivity contribution is 7.92. The molecule has 0 saturated heterocycles. The van der Waals surface area contributed by atoms with Gasteiger partial charge >= 0.3 is 6.01 Å². The minimum absolute atomic E-state index is 0.00410. The van der Waals surface area contributed by atoms with Crippen LogP contribution < -0.4 is 9.46 Å². The minimum atomic E-state index is -3.49. The van der Waals surface area contributed by atoms with Crippen LogP contribution >= 0.6 is 0 Å². The molecule has 0 spiro atoms. The fraction of sp³-hybridized carbons (Fsp3) is 0.750. The summed E-state index contributed by atoms with van der Waals surface area (Å²) in [5, 5.41) is 6.01. The van der Waals surface area contributed by atoms with E-state index in [2.05, 4.69) is 19.9 Å². The molecule has 0 saturated carbocycles. The summed E-state index contributed by atoms with van der Waals surface area (Å²) in [5.74, 6) is -0.125. The van der Waals surface area contributed by atoms with Gasteiger partial charge in [0.2, 0.25) is 16.0 Å². The summed E-state index contributed by atoms with van der Waals surface area (Å²) in [6.07, 6.45) is -0.00410. The fourth-order valence-electron chi connectivity index (χ4n) is 0.975. The molecule has 17 heavy (non-hydrogen) atoms. The lowest BCUT2D eigenvalue weighted by atomic mass is 10.5. The fourth-order valence-corrected chi connectivity index (χ4v) is 1.78. The third-order valence-electron chi connectivity index (χ3n) is 1.70. The first-order valence-electron chi connectivity index (χ1n) is 5.01. The maximum Gasteiger partial charge on any atom is 0.336 e. The van der Waals surface area contributed by atoms with Crippen LogP contribution in [0.1, 0.15) is 13.8 Å². The quantitative estimate of drug-likeness (QED) is 0.717. The number of hydrogen-bond acceptors (Lipinski definition) is 6. The van der Waals surface area contributed by atoms with Gasteiger partial charge in [-0.2, -0.15) is 4.98 Å². The normalized spacial score (nSPS) is 11.8. The van der Waals surface area contributed by atoms with Crippen LogP contribution in [-0.2, 0) is 14.8 Å². The van der Waals surface area contributed by atoms with Gasteiger partial charge in [0.05, 0.1) is 25.6 Å². The van der Waals surface area contributed by atoms with Crippen molar-refractivity contribution in [1.29, 1.82) is 0 Å². The molecule has 2 N–H and O–H groups in total. The number of sulfonamides is 1. The molecule has 0 fully saturated rings. The number of rotatable bonds is 7. The largest absolute Gasteiger partial charge is 0.466 e. The molecule has 8 nitrogen and oxygen atoms in total. The Labute approximate surface area is 99.8 Å². The van der Waals surface area contributed by atoms with Crippen molar-refractivity contribution in [2.75, 3.05) is 24.2 Å². The van der Waals surface area contributed by atoms with E-state index in [4.69, 9.17) is 9.47 Å². The lowest BCUT2D eigenvalue weighted by Crippen LogP contribution is -2.22. The Morgan fingerprint density at radius 1 is 1.47 bits per heavy atom. The van der Waals surface area contributed by atoms with Crippen LogP contribution in [0, 0.1) is 0 Å². The molecule has 1 aromatic rings. The van der Waals surface area contributed by atoms with E-state index < -0.39 is 10.0 Å². The zero-order chi connectivity index (χ0) is 12.9. The van der Waals surface area contributed by atoms with Crippen molar-refractivity contribution < 1.29 is 17.9 Å². The molecule has 1 heterocycles. The van der Waals surface area contributed by atoms with Crippen LogP contribution in [0.4, 0.5) is 5.95 Å². The van der Waals surface area contributed by atoms with Crippen LogP contribution in [0.3, 0.4) is 0 Å². The van der Waals surface area contributed by atoms with Crippen LogP contribution in [0.2, 0.25) is 0 Å². The van der Waals surface area contributed by atoms with E-state index in [0.717, 1.165) is 0 Å². The van der Waals surface area contributed by atoms with Gasteiger partial charge in [-0.15, -0.1) is 5.10 Å². The van der Waals surface area contributed by atoms with E-state index >= 15 is 0 Å². The van der Waals surface area contributed by atoms with E-state index in [1.54, 1.807) is 0 Å². The minimum Gasteiger partial charge on any atom is -0.466 e. The standard InChI is InChI=1S/C8H16N4O4S/c1-6(2)16-4-5-17(13,14)12-7-9-8(15-3)11-10-7/h6H,4-5H2,1-3H3,(H2,9,10,11,12). The summed E-state index contributed by atoms with van der Waals surface area (Å²) in [4.78, 5) is 3.74. The number of aromatic nitrogens is 3. The summed E-state index contributed by atoms with van der Waals surface area (Å²) >= 11 is 0. The zero-order valence-corrected chi connectivity index (χ0v) is 10.7. The monoisotopic (exact) mass is 264 g/mol. The first-order chi connectivity index (χ1) is 7.93. The number of ether oxygens (including phenoxy) is 2. The van der Waals surface area contributed by atoms with Crippen LogP contribution in [-0.4, -0.2) is 49.2 Å². The Balaban J connectivity index is 2.48. The van der Waals surface area contributed by atoms with Gasteiger partial charge in [0.1, 0.15) is 0 Å². The molecule has 1 aromatic heterocycles. The predicted octanol–water partition coefficient (Wildman–Crippen LogP) is -0.0200. The topological polar surface area (TPSA) is 106 Å². The van der Waals surface area contributed by atoms with Crippen LogP contribution in [0.15, 0.2) is 0 Å². The van der Waals surface area contributed by atoms with E-state index in [1.165, 1.54) is 7.11 Å². The number of aromatic amines is 1. The molecule has 1 rings (SSSR count). The molecule has 0 atom stereocenters. The first kappa shape index (κ1) is 13.7. The molecule has 0 aliphatic heterocycles. The lowest BCUT2D eigenvalue weighted by molar-refractivity contribution is 0.0913. The molecule has 0 amide bonds. The van der Waals surface area contributed by atoms with E-state index in [9.17, 15) is 8.42 Å². The van der Waals surface area contributed by atoms with Crippen molar-refractivity contribution in [3.8, 4) is 6.01 Å². The molecule has 9 heteroatoms. The molecule has 0 aliphatic carbocycles. The Bertz CT molecular complexity index is 442. The number of nitrogens with one attached hydrogen (secondary N) is 2. The highest BCUT2D eigenvalue weighted by atomic mass is 32.2. The number of nitrogens with zero attached hydrogens (tertiary/aromatic N) is 2. The van der Waals surface area contributed by atoms with Gasteiger partial charge in [-0.3, -0.25) is 4.72 Å². The van der Waals surface area contributed by atoms with E-state index in [-0.39, 0.29) is 30.4 Å². The molecule has 0 bridgehead atoms. The van der Waals surface area contributed by atoms with E-state index in [1.807, 2.05) is 13.8 Å². The second-order valence-corrected chi connectivity index (χ2v) is 5.35. The molecule has 98 valence electrons. The maximum atomic E-state index is 11.6. The summed E-state index contributed by atoms with van der Waals surface area (Å²) in [6.45, 7) is 3.79. The average Bonchev–Trinajstić information content (AvgIpc) is 2.63. The van der Waals surface area contributed by atoms with Gasteiger partial charge < -0.3 is 9.47 Å².